The van der Waals surface area contributed by atoms with E-state index < -0.39 is 17.8 Å². The van der Waals surface area contributed by atoms with Gasteiger partial charge in [0.2, 0.25) is 0 Å². The number of oxazole rings is 1. The van der Waals surface area contributed by atoms with Gasteiger partial charge < -0.3 is 14.1 Å². The van der Waals surface area contributed by atoms with Crippen LogP contribution in [0, 0.1) is 5.92 Å². The van der Waals surface area contributed by atoms with Crippen molar-refractivity contribution in [2.45, 2.75) is 45.3 Å². The number of hydrogen-bond acceptors (Lipinski definition) is 5. The maximum absolute atomic E-state index is 12.8. The number of piperidine rings is 1. The van der Waals surface area contributed by atoms with Crippen molar-refractivity contribution in [1.82, 2.24) is 9.47 Å². The second-order valence-corrected chi connectivity index (χ2v) is 8.91. The number of benzene rings is 2. The van der Waals surface area contributed by atoms with Crippen LogP contribution in [0.15, 0.2) is 57.7 Å². The van der Waals surface area contributed by atoms with Crippen molar-refractivity contribution in [3.8, 4) is 0 Å². The lowest BCUT2D eigenvalue weighted by atomic mass is 9.90. The summed E-state index contributed by atoms with van der Waals surface area (Å²) in [7, 11) is 0. The summed E-state index contributed by atoms with van der Waals surface area (Å²) in [5.41, 5.74) is 2.23. The number of likely N-dealkylation sites (tertiary alicyclic amines) is 1. The maximum atomic E-state index is 12.8. The fourth-order valence-electron chi connectivity index (χ4n) is 4.32. The minimum absolute atomic E-state index is 0.0477. The predicted molar refractivity (Wildman–Crippen MR) is 125 cm³/mol. The van der Waals surface area contributed by atoms with Crippen LogP contribution >= 0.6 is 11.6 Å². The average molecular weight is 471 g/mol. The van der Waals surface area contributed by atoms with Gasteiger partial charge in [0.05, 0.1) is 11.9 Å². The number of esters is 1. The third-order valence-corrected chi connectivity index (χ3v) is 6.35. The summed E-state index contributed by atoms with van der Waals surface area (Å²) in [6, 6.07) is 15.2. The van der Waals surface area contributed by atoms with Gasteiger partial charge in [-0.15, -0.1) is 0 Å². The molecule has 1 fully saturated rings. The van der Waals surface area contributed by atoms with Crippen molar-refractivity contribution < 1.29 is 18.7 Å². The molecule has 1 aliphatic rings. The average Bonchev–Trinajstić information content (AvgIpc) is 3.12. The minimum atomic E-state index is -0.861. The first-order valence-electron chi connectivity index (χ1n) is 11.2. The van der Waals surface area contributed by atoms with E-state index in [-0.39, 0.29) is 18.9 Å². The second kappa shape index (κ2) is 10.3. The Labute approximate surface area is 196 Å². The number of carbonyl (C=O) groups is 2. The standard InChI is InChI=1S/C25H27ClN2O5/c1-17(24(30)27-12-9-19(10-13-27)15-18-5-3-2-4-6-18)32-23(29)11-14-28-21-8-7-20(26)16-22(21)33-25(28)31/h2-8,16-17,19H,9-15H2,1H3/t17-/m1/s1. The molecule has 0 saturated carbocycles. The van der Waals surface area contributed by atoms with E-state index in [0.717, 1.165) is 19.3 Å². The Bertz CT molecular complexity index is 1180. The van der Waals surface area contributed by atoms with Crippen LogP contribution in [0.4, 0.5) is 0 Å². The van der Waals surface area contributed by atoms with E-state index >= 15 is 0 Å². The van der Waals surface area contributed by atoms with Crippen LogP contribution in [0.5, 0.6) is 0 Å². The molecule has 8 heteroatoms. The highest BCUT2D eigenvalue weighted by Gasteiger charge is 2.28. The first-order valence-corrected chi connectivity index (χ1v) is 11.6. The van der Waals surface area contributed by atoms with Crippen molar-refractivity contribution in [3.05, 3.63) is 69.7 Å². The van der Waals surface area contributed by atoms with Crippen LogP contribution in [-0.2, 0) is 27.3 Å². The molecule has 0 bridgehead atoms. The molecule has 0 unspecified atom stereocenters. The molecule has 0 aliphatic carbocycles. The first-order chi connectivity index (χ1) is 15.9. The Kier molecular flexibility index (Phi) is 7.18. The number of amides is 1. The van der Waals surface area contributed by atoms with E-state index in [1.165, 1.54) is 10.1 Å². The summed E-state index contributed by atoms with van der Waals surface area (Å²) >= 11 is 5.92. The van der Waals surface area contributed by atoms with Crippen molar-refractivity contribution >= 4 is 34.6 Å². The summed E-state index contributed by atoms with van der Waals surface area (Å²) in [6.07, 6.45) is 1.97. The topological polar surface area (TPSA) is 81.7 Å². The lowest BCUT2D eigenvalue weighted by Gasteiger charge is -2.33. The Morgan fingerprint density at radius 3 is 2.61 bits per heavy atom. The zero-order valence-corrected chi connectivity index (χ0v) is 19.3. The molecule has 1 aromatic heterocycles. The summed E-state index contributed by atoms with van der Waals surface area (Å²) in [4.78, 5) is 38.9. The lowest BCUT2D eigenvalue weighted by Crippen LogP contribution is -2.44. The summed E-state index contributed by atoms with van der Waals surface area (Å²) < 4.78 is 11.9. The second-order valence-electron chi connectivity index (χ2n) is 8.47. The van der Waals surface area contributed by atoms with E-state index in [2.05, 4.69) is 12.1 Å². The molecule has 1 atom stereocenters. The third-order valence-electron chi connectivity index (χ3n) is 6.12. The fourth-order valence-corrected chi connectivity index (χ4v) is 4.49. The van der Waals surface area contributed by atoms with Crippen LogP contribution in [0.2, 0.25) is 5.02 Å². The Hall–Kier alpha value is -3.06. The number of halogens is 1. The number of carbonyl (C=O) groups excluding carboxylic acids is 2. The number of ether oxygens (including phenoxy) is 1. The molecule has 2 aromatic carbocycles. The molecule has 1 amide bonds. The molecule has 33 heavy (non-hydrogen) atoms. The smallest absolute Gasteiger partial charge is 0.419 e. The quantitative estimate of drug-likeness (QED) is 0.486. The molecule has 1 saturated heterocycles. The number of aryl methyl sites for hydroxylation is 1. The van der Waals surface area contributed by atoms with Gasteiger partial charge in [-0.1, -0.05) is 41.9 Å². The van der Waals surface area contributed by atoms with E-state index in [1.807, 2.05) is 18.2 Å². The number of aromatic nitrogens is 1. The van der Waals surface area contributed by atoms with Crippen LogP contribution in [0.25, 0.3) is 11.1 Å². The normalized spacial score (nSPS) is 15.5. The van der Waals surface area contributed by atoms with Gasteiger partial charge in [0.1, 0.15) is 0 Å². The van der Waals surface area contributed by atoms with Crippen molar-refractivity contribution in [1.29, 1.82) is 0 Å². The largest absolute Gasteiger partial charge is 0.452 e. The highest BCUT2D eigenvalue weighted by atomic mass is 35.5. The van der Waals surface area contributed by atoms with Gasteiger partial charge in [-0.25, -0.2) is 4.79 Å². The highest BCUT2D eigenvalue weighted by molar-refractivity contribution is 6.31. The monoisotopic (exact) mass is 470 g/mol. The third kappa shape index (κ3) is 5.66. The Morgan fingerprint density at radius 1 is 1.15 bits per heavy atom. The molecule has 0 spiro atoms. The van der Waals surface area contributed by atoms with Gasteiger partial charge in [-0.3, -0.25) is 14.2 Å². The predicted octanol–water partition coefficient (Wildman–Crippen LogP) is 4.05. The zero-order valence-electron chi connectivity index (χ0n) is 18.5. The van der Waals surface area contributed by atoms with Crippen LogP contribution in [0.1, 0.15) is 31.7 Å². The molecule has 3 aromatic rings. The number of nitrogens with zero attached hydrogens (tertiary/aromatic N) is 2. The molecular formula is C25H27ClN2O5. The zero-order chi connectivity index (χ0) is 23.4. The van der Waals surface area contributed by atoms with Crippen molar-refractivity contribution in [2.24, 2.45) is 5.92 Å². The van der Waals surface area contributed by atoms with Gasteiger partial charge in [-0.05, 0) is 49.8 Å². The van der Waals surface area contributed by atoms with E-state index in [0.29, 0.717) is 35.1 Å². The van der Waals surface area contributed by atoms with Crippen LogP contribution < -0.4 is 5.76 Å². The molecule has 174 valence electrons. The van der Waals surface area contributed by atoms with Crippen LogP contribution in [-0.4, -0.2) is 40.5 Å². The number of rotatable bonds is 7. The molecule has 2 heterocycles. The Morgan fingerprint density at radius 2 is 1.88 bits per heavy atom. The van der Waals surface area contributed by atoms with Gasteiger partial charge in [0, 0.05) is 30.7 Å². The fraction of sp³-hybridized carbons (Fsp3) is 0.400. The maximum Gasteiger partial charge on any atom is 0.419 e. The molecule has 0 radical (unpaired) electrons. The molecule has 4 rings (SSSR count). The summed E-state index contributed by atoms with van der Waals surface area (Å²) in [5, 5.41) is 0.458. The van der Waals surface area contributed by atoms with Gasteiger partial charge >= 0.3 is 11.7 Å². The van der Waals surface area contributed by atoms with Gasteiger partial charge in [0.25, 0.3) is 5.91 Å². The molecular weight excluding hydrogens is 444 g/mol. The van der Waals surface area contributed by atoms with Crippen molar-refractivity contribution in [3.63, 3.8) is 0 Å². The lowest BCUT2D eigenvalue weighted by molar-refractivity contribution is -0.160. The SMILES string of the molecule is C[C@@H](OC(=O)CCn1c(=O)oc2cc(Cl)ccc21)C(=O)N1CCC(Cc2ccccc2)CC1. The minimum Gasteiger partial charge on any atom is -0.452 e. The molecule has 0 N–H and O–H groups in total. The molecule has 7 nitrogen and oxygen atoms in total. The Balaban J connectivity index is 1.25. The molecule has 1 aliphatic heterocycles. The summed E-state index contributed by atoms with van der Waals surface area (Å²) in [6.45, 7) is 3.02. The van der Waals surface area contributed by atoms with E-state index in [4.69, 9.17) is 20.8 Å². The number of fused-ring (bicyclic) bond motifs is 1. The van der Waals surface area contributed by atoms with Crippen molar-refractivity contribution in [2.75, 3.05) is 13.1 Å². The first kappa shape index (κ1) is 23.1. The van der Waals surface area contributed by atoms with Gasteiger partial charge in [-0.2, -0.15) is 0 Å². The number of hydrogen-bond donors (Lipinski definition) is 0. The highest BCUT2D eigenvalue weighted by Crippen LogP contribution is 2.23. The van der Waals surface area contributed by atoms with E-state index in [9.17, 15) is 14.4 Å². The van der Waals surface area contributed by atoms with Crippen LogP contribution in [0.3, 0.4) is 0 Å². The summed E-state index contributed by atoms with van der Waals surface area (Å²) in [5.74, 6) is -0.734. The van der Waals surface area contributed by atoms with E-state index in [1.54, 1.807) is 30.0 Å². The van der Waals surface area contributed by atoms with Gasteiger partial charge in [0.15, 0.2) is 11.7 Å².